The van der Waals surface area contributed by atoms with Crippen molar-refractivity contribution in [3.8, 4) is 0 Å². The zero-order valence-electron chi connectivity index (χ0n) is 11.8. The number of carboxylic acid groups (broad SMARTS) is 1. The molecule has 0 aromatic carbocycles. The van der Waals surface area contributed by atoms with Crippen LogP contribution >= 0.6 is 0 Å². The lowest BCUT2D eigenvalue weighted by atomic mass is 9.97. The lowest BCUT2D eigenvalue weighted by molar-refractivity contribution is -0.139. The van der Waals surface area contributed by atoms with Crippen LogP contribution in [0.25, 0.3) is 0 Å². The van der Waals surface area contributed by atoms with Gasteiger partial charge in [-0.05, 0) is 19.3 Å². The summed E-state index contributed by atoms with van der Waals surface area (Å²) in [5.74, 6) is -0.963. The van der Waals surface area contributed by atoms with Gasteiger partial charge in [-0.3, -0.25) is 0 Å². The molecule has 0 saturated heterocycles. The third kappa shape index (κ3) is 6.45. The van der Waals surface area contributed by atoms with E-state index in [1.54, 1.807) is 0 Å². The Bertz CT molecular complexity index is 286. The van der Waals surface area contributed by atoms with Crippen molar-refractivity contribution >= 4 is 12.0 Å². The first-order chi connectivity index (χ1) is 9.13. The number of aliphatic carboxylic acids is 1. The number of rotatable bonds is 5. The first-order valence-electron chi connectivity index (χ1n) is 7.43. The molecule has 5 nitrogen and oxygen atoms in total. The molecule has 0 spiro atoms. The topological polar surface area (TPSA) is 78.4 Å². The van der Waals surface area contributed by atoms with E-state index in [-0.39, 0.29) is 12.1 Å². The molecular weight excluding hydrogens is 244 g/mol. The molecule has 19 heavy (non-hydrogen) atoms. The summed E-state index contributed by atoms with van der Waals surface area (Å²) in [5, 5.41) is 14.5. The zero-order chi connectivity index (χ0) is 14.1. The highest BCUT2D eigenvalue weighted by Crippen LogP contribution is 2.16. The van der Waals surface area contributed by atoms with Crippen molar-refractivity contribution in [2.24, 2.45) is 0 Å². The van der Waals surface area contributed by atoms with Gasteiger partial charge in [0.15, 0.2) is 0 Å². The van der Waals surface area contributed by atoms with Gasteiger partial charge in [0.2, 0.25) is 0 Å². The van der Waals surface area contributed by atoms with Crippen molar-refractivity contribution in [1.82, 2.24) is 10.6 Å². The standard InChI is InChI=1S/C14H26N2O3/c1-2-8-12(13(17)18)16-14(19)15-11-9-6-4-3-5-7-10-11/h11-12H,2-10H2,1H3,(H,17,18)(H2,15,16,19)/t12-/m0/s1. The molecule has 110 valence electrons. The van der Waals surface area contributed by atoms with Gasteiger partial charge in [0.1, 0.15) is 6.04 Å². The van der Waals surface area contributed by atoms with Crippen LogP contribution in [-0.4, -0.2) is 29.2 Å². The summed E-state index contributed by atoms with van der Waals surface area (Å²) in [4.78, 5) is 22.8. The van der Waals surface area contributed by atoms with Crippen LogP contribution in [0.5, 0.6) is 0 Å². The molecule has 0 aliphatic heterocycles. The average Bonchev–Trinajstić information content (AvgIpc) is 2.31. The van der Waals surface area contributed by atoms with Crippen molar-refractivity contribution in [3.63, 3.8) is 0 Å². The molecular formula is C14H26N2O3. The number of urea groups is 1. The zero-order valence-corrected chi connectivity index (χ0v) is 11.8. The molecule has 1 aliphatic rings. The van der Waals surface area contributed by atoms with Crippen LogP contribution in [0.1, 0.15) is 64.7 Å². The Hall–Kier alpha value is -1.26. The van der Waals surface area contributed by atoms with Gasteiger partial charge in [-0.25, -0.2) is 9.59 Å². The van der Waals surface area contributed by atoms with Crippen molar-refractivity contribution in [2.75, 3.05) is 0 Å². The van der Waals surface area contributed by atoms with E-state index in [2.05, 4.69) is 10.6 Å². The first-order valence-corrected chi connectivity index (χ1v) is 7.43. The average molecular weight is 270 g/mol. The summed E-state index contributed by atoms with van der Waals surface area (Å²) in [7, 11) is 0. The SMILES string of the molecule is CCC[C@H](NC(=O)NC1CCCCCCC1)C(=O)O. The molecule has 5 heteroatoms. The summed E-state index contributed by atoms with van der Waals surface area (Å²) >= 11 is 0. The maximum atomic E-state index is 11.8. The van der Waals surface area contributed by atoms with Crippen molar-refractivity contribution < 1.29 is 14.7 Å². The molecule has 1 aliphatic carbocycles. The van der Waals surface area contributed by atoms with Crippen molar-refractivity contribution in [3.05, 3.63) is 0 Å². The predicted octanol–water partition coefficient (Wildman–Crippen LogP) is 2.65. The smallest absolute Gasteiger partial charge is 0.326 e. The summed E-state index contributed by atoms with van der Waals surface area (Å²) in [6, 6.07) is -0.929. The molecule has 0 unspecified atom stereocenters. The number of carbonyl (C=O) groups excluding carboxylic acids is 1. The Balaban J connectivity index is 2.37. The van der Waals surface area contributed by atoms with Crippen LogP contribution in [0.15, 0.2) is 0 Å². The number of hydrogen-bond donors (Lipinski definition) is 3. The van der Waals surface area contributed by atoms with Gasteiger partial charge < -0.3 is 15.7 Å². The number of amides is 2. The van der Waals surface area contributed by atoms with Gasteiger partial charge in [-0.1, -0.05) is 45.4 Å². The number of carboxylic acids is 1. The minimum absolute atomic E-state index is 0.191. The van der Waals surface area contributed by atoms with Gasteiger partial charge >= 0.3 is 12.0 Å². The van der Waals surface area contributed by atoms with E-state index in [0.717, 1.165) is 32.1 Å². The summed E-state index contributed by atoms with van der Waals surface area (Å²) in [6.45, 7) is 1.91. The van der Waals surface area contributed by atoms with Crippen molar-refractivity contribution in [1.29, 1.82) is 0 Å². The van der Waals surface area contributed by atoms with Crippen LogP contribution in [0.3, 0.4) is 0 Å². The van der Waals surface area contributed by atoms with Crippen LogP contribution in [0.2, 0.25) is 0 Å². The lowest BCUT2D eigenvalue weighted by Crippen LogP contribution is -2.49. The highest BCUT2D eigenvalue weighted by Gasteiger charge is 2.20. The Morgan fingerprint density at radius 2 is 1.74 bits per heavy atom. The second kappa shape index (κ2) is 8.77. The predicted molar refractivity (Wildman–Crippen MR) is 74.1 cm³/mol. The molecule has 0 aromatic rings. The minimum atomic E-state index is -0.963. The fraction of sp³-hybridized carbons (Fsp3) is 0.857. The molecule has 0 aromatic heterocycles. The normalized spacial score (nSPS) is 19.0. The van der Waals surface area contributed by atoms with Gasteiger partial charge in [0.25, 0.3) is 0 Å². The molecule has 0 heterocycles. The van der Waals surface area contributed by atoms with Crippen LogP contribution in [0, 0.1) is 0 Å². The summed E-state index contributed by atoms with van der Waals surface area (Å²) < 4.78 is 0. The Morgan fingerprint density at radius 1 is 1.16 bits per heavy atom. The minimum Gasteiger partial charge on any atom is -0.480 e. The molecule has 1 atom stereocenters. The molecule has 1 fully saturated rings. The van der Waals surface area contributed by atoms with Gasteiger partial charge in [0, 0.05) is 6.04 Å². The quantitative estimate of drug-likeness (QED) is 0.718. The maximum Gasteiger partial charge on any atom is 0.326 e. The molecule has 0 bridgehead atoms. The van der Waals surface area contributed by atoms with Gasteiger partial charge in [-0.15, -0.1) is 0 Å². The Morgan fingerprint density at radius 3 is 2.26 bits per heavy atom. The summed E-state index contributed by atoms with van der Waals surface area (Å²) in [6.07, 6.45) is 9.23. The monoisotopic (exact) mass is 270 g/mol. The third-order valence-electron chi connectivity index (χ3n) is 3.62. The van der Waals surface area contributed by atoms with Crippen molar-refractivity contribution in [2.45, 2.75) is 76.8 Å². The van der Waals surface area contributed by atoms with E-state index in [9.17, 15) is 9.59 Å². The molecule has 3 N–H and O–H groups in total. The van der Waals surface area contributed by atoms with Gasteiger partial charge in [-0.2, -0.15) is 0 Å². The number of nitrogens with one attached hydrogen (secondary N) is 2. The lowest BCUT2D eigenvalue weighted by Gasteiger charge is -2.22. The van der Waals surface area contributed by atoms with E-state index in [1.807, 2.05) is 6.92 Å². The third-order valence-corrected chi connectivity index (χ3v) is 3.62. The van der Waals surface area contributed by atoms with Gasteiger partial charge in [0.05, 0.1) is 0 Å². The van der Waals surface area contributed by atoms with E-state index in [0.29, 0.717) is 6.42 Å². The number of hydrogen-bond acceptors (Lipinski definition) is 2. The van der Waals surface area contributed by atoms with Crippen LogP contribution < -0.4 is 10.6 Å². The van der Waals surface area contributed by atoms with E-state index < -0.39 is 12.0 Å². The summed E-state index contributed by atoms with van der Waals surface area (Å²) in [5.41, 5.74) is 0. The second-order valence-electron chi connectivity index (χ2n) is 5.34. The fourth-order valence-electron chi connectivity index (χ4n) is 2.53. The van der Waals surface area contributed by atoms with Crippen LogP contribution in [0.4, 0.5) is 4.79 Å². The maximum absolute atomic E-state index is 11.8. The first kappa shape index (κ1) is 15.8. The largest absolute Gasteiger partial charge is 0.480 e. The van der Waals surface area contributed by atoms with E-state index >= 15 is 0 Å². The highest BCUT2D eigenvalue weighted by atomic mass is 16.4. The second-order valence-corrected chi connectivity index (χ2v) is 5.34. The van der Waals surface area contributed by atoms with E-state index in [1.165, 1.54) is 19.3 Å². The highest BCUT2D eigenvalue weighted by molar-refractivity contribution is 5.82. The number of carbonyl (C=O) groups is 2. The molecule has 1 saturated carbocycles. The van der Waals surface area contributed by atoms with E-state index in [4.69, 9.17) is 5.11 Å². The fourth-order valence-corrected chi connectivity index (χ4v) is 2.53. The molecule has 0 radical (unpaired) electrons. The molecule has 1 rings (SSSR count). The Kier molecular flexibility index (Phi) is 7.30. The van der Waals surface area contributed by atoms with Crippen LogP contribution in [-0.2, 0) is 4.79 Å². The Labute approximate surface area is 115 Å². The molecule has 2 amide bonds.